The van der Waals surface area contributed by atoms with E-state index in [-0.39, 0.29) is 0 Å². The Morgan fingerprint density at radius 1 is 0.358 bits per heavy atom. The molecule has 0 bridgehead atoms. The topological polar surface area (TPSA) is 43.6 Å². The smallest absolute Gasteiger partial charge is 0.160 e. The summed E-state index contributed by atoms with van der Waals surface area (Å²) in [5, 5.41) is 3.59. The van der Waals surface area contributed by atoms with Crippen LogP contribution < -0.4 is 0 Å². The number of benzene rings is 7. The van der Waals surface area contributed by atoms with Crippen LogP contribution in [0.4, 0.5) is 0 Å². The summed E-state index contributed by atoms with van der Waals surface area (Å²) < 4.78 is 2.38. The molecule has 53 heavy (non-hydrogen) atoms. The second-order valence-corrected chi connectivity index (χ2v) is 13.2. The van der Waals surface area contributed by atoms with E-state index in [4.69, 9.17) is 15.0 Å². The van der Waals surface area contributed by atoms with Gasteiger partial charge in [-0.25, -0.2) is 15.0 Å². The van der Waals surface area contributed by atoms with Gasteiger partial charge in [0.25, 0.3) is 0 Å². The highest BCUT2D eigenvalue weighted by molar-refractivity contribution is 6.23. The van der Waals surface area contributed by atoms with Gasteiger partial charge in [-0.2, -0.15) is 0 Å². The van der Waals surface area contributed by atoms with E-state index in [1.54, 1.807) is 0 Å². The number of fused-ring (bicyclic) bond motifs is 5. The van der Waals surface area contributed by atoms with E-state index in [9.17, 15) is 0 Å². The minimum absolute atomic E-state index is 0.703. The lowest BCUT2D eigenvalue weighted by Gasteiger charge is -2.13. The second kappa shape index (κ2) is 12.9. The van der Waals surface area contributed by atoms with Crippen LogP contribution in [-0.2, 0) is 0 Å². The molecule has 0 saturated carbocycles. The van der Waals surface area contributed by atoms with Crippen molar-refractivity contribution in [3.63, 3.8) is 0 Å². The van der Waals surface area contributed by atoms with Gasteiger partial charge in [-0.05, 0) is 41.5 Å². The van der Waals surface area contributed by atoms with Gasteiger partial charge in [0.1, 0.15) is 0 Å². The van der Waals surface area contributed by atoms with Gasteiger partial charge in [-0.15, -0.1) is 0 Å². The van der Waals surface area contributed by atoms with E-state index < -0.39 is 0 Å². The van der Waals surface area contributed by atoms with Crippen LogP contribution in [0.25, 0.3) is 94.7 Å². The number of pyridine rings is 1. The highest BCUT2D eigenvalue weighted by Crippen LogP contribution is 2.41. The van der Waals surface area contributed by atoms with Gasteiger partial charge in [-0.3, -0.25) is 0 Å². The Bertz CT molecular complexity index is 2840. The Labute approximate surface area is 307 Å². The zero-order valence-corrected chi connectivity index (χ0v) is 28.8. The summed E-state index contributed by atoms with van der Waals surface area (Å²) in [4.78, 5) is 15.3. The predicted molar refractivity (Wildman–Crippen MR) is 219 cm³/mol. The Hall–Kier alpha value is -7.17. The molecule has 0 spiro atoms. The van der Waals surface area contributed by atoms with E-state index in [2.05, 4.69) is 162 Å². The highest BCUT2D eigenvalue weighted by Gasteiger charge is 2.20. The molecule has 0 N–H and O–H groups in total. The quantitative estimate of drug-likeness (QED) is 0.176. The molecule has 0 aliphatic heterocycles. The van der Waals surface area contributed by atoms with Crippen molar-refractivity contribution in [1.29, 1.82) is 0 Å². The van der Waals surface area contributed by atoms with Gasteiger partial charge in [0.05, 0.1) is 33.6 Å². The Kier molecular flexibility index (Phi) is 7.43. The number of rotatable bonds is 6. The van der Waals surface area contributed by atoms with Crippen LogP contribution in [0.1, 0.15) is 0 Å². The van der Waals surface area contributed by atoms with Crippen molar-refractivity contribution in [3.05, 3.63) is 194 Å². The fourth-order valence-corrected chi connectivity index (χ4v) is 7.46. The summed E-state index contributed by atoms with van der Waals surface area (Å²) in [6, 6.07) is 67.8. The number of hydrogen-bond acceptors (Lipinski definition) is 3. The summed E-state index contributed by atoms with van der Waals surface area (Å²) in [5.74, 6) is 0.703. The van der Waals surface area contributed by atoms with E-state index in [0.717, 1.165) is 78.1 Å². The summed E-state index contributed by atoms with van der Waals surface area (Å²) >= 11 is 0. The molecular formula is C49H32N4. The van der Waals surface area contributed by atoms with E-state index in [1.807, 2.05) is 36.4 Å². The molecule has 4 heteroatoms. The average molecular weight is 677 g/mol. The molecular weight excluding hydrogens is 645 g/mol. The molecule has 10 aromatic rings. The van der Waals surface area contributed by atoms with Crippen molar-refractivity contribution in [1.82, 2.24) is 19.5 Å². The summed E-state index contributed by atoms with van der Waals surface area (Å²) in [6.07, 6.45) is 0. The zero-order chi connectivity index (χ0) is 35.1. The number of hydrogen-bond donors (Lipinski definition) is 0. The van der Waals surface area contributed by atoms with E-state index >= 15 is 0 Å². The molecule has 0 atom stereocenters. The van der Waals surface area contributed by atoms with Crippen LogP contribution in [0.3, 0.4) is 0 Å². The molecule has 7 aromatic carbocycles. The molecule has 0 radical (unpaired) electrons. The third-order valence-electron chi connectivity index (χ3n) is 10.0. The third kappa shape index (κ3) is 5.45. The third-order valence-corrected chi connectivity index (χ3v) is 10.0. The SMILES string of the molecule is c1ccc(-c2cc(-c3ccccc3)nc(-c3ccc(-c4ccc(-n5c6ccccc6c6c7ccccc7nc(-c7ccccc7)c65)cc4)cc3)n2)cc1. The fourth-order valence-electron chi connectivity index (χ4n) is 7.46. The van der Waals surface area contributed by atoms with Crippen LogP contribution in [0.15, 0.2) is 194 Å². The number of nitrogens with zero attached hydrogens (tertiary/aromatic N) is 4. The Morgan fingerprint density at radius 3 is 1.47 bits per heavy atom. The second-order valence-electron chi connectivity index (χ2n) is 13.2. The first-order chi connectivity index (χ1) is 26.3. The van der Waals surface area contributed by atoms with Gasteiger partial charge < -0.3 is 4.57 Å². The van der Waals surface area contributed by atoms with Crippen LogP contribution in [0.5, 0.6) is 0 Å². The molecule has 0 amide bonds. The first-order valence-electron chi connectivity index (χ1n) is 17.9. The minimum Gasteiger partial charge on any atom is -0.307 e. The summed E-state index contributed by atoms with van der Waals surface area (Å²) in [6.45, 7) is 0. The first kappa shape index (κ1) is 30.6. The first-order valence-corrected chi connectivity index (χ1v) is 17.9. The zero-order valence-electron chi connectivity index (χ0n) is 28.8. The average Bonchev–Trinajstić information content (AvgIpc) is 3.60. The molecule has 0 fully saturated rings. The van der Waals surface area contributed by atoms with Crippen LogP contribution in [-0.4, -0.2) is 19.5 Å². The maximum Gasteiger partial charge on any atom is 0.160 e. The molecule has 0 aliphatic carbocycles. The molecule has 0 saturated heterocycles. The van der Waals surface area contributed by atoms with Crippen molar-refractivity contribution in [2.24, 2.45) is 0 Å². The maximum absolute atomic E-state index is 5.27. The molecule has 10 rings (SSSR count). The Balaban J connectivity index is 1.06. The Morgan fingerprint density at radius 2 is 0.849 bits per heavy atom. The standard InChI is InChI=1S/C49H32N4/c1-4-14-35(15-5-1)43-32-44(36-16-6-2-7-17-36)52-49(51-43)38-26-24-33(25-27-38)34-28-30-39(31-29-34)53-45-23-13-11-21-41(45)46-40-20-10-12-22-42(40)50-47(48(46)53)37-18-8-3-9-19-37/h1-32H. The summed E-state index contributed by atoms with van der Waals surface area (Å²) in [7, 11) is 0. The van der Waals surface area contributed by atoms with E-state index in [0.29, 0.717) is 5.82 Å². The molecule has 0 unspecified atom stereocenters. The number of aromatic nitrogens is 4. The number of para-hydroxylation sites is 2. The largest absolute Gasteiger partial charge is 0.307 e. The summed E-state index contributed by atoms with van der Waals surface area (Å²) in [5.41, 5.74) is 13.6. The van der Waals surface area contributed by atoms with Gasteiger partial charge in [-0.1, -0.05) is 164 Å². The highest BCUT2D eigenvalue weighted by atomic mass is 15.0. The minimum atomic E-state index is 0.703. The molecule has 4 nitrogen and oxygen atoms in total. The van der Waals surface area contributed by atoms with Crippen molar-refractivity contribution in [2.45, 2.75) is 0 Å². The normalized spacial score (nSPS) is 11.4. The van der Waals surface area contributed by atoms with Gasteiger partial charge in [0.15, 0.2) is 5.82 Å². The van der Waals surface area contributed by atoms with Crippen molar-refractivity contribution in [2.75, 3.05) is 0 Å². The van der Waals surface area contributed by atoms with Crippen molar-refractivity contribution in [3.8, 4) is 62.0 Å². The van der Waals surface area contributed by atoms with Crippen LogP contribution in [0.2, 0.25) is 0 Å². The molecule has 3 heterocycles. The molecule has 3 aromatic heterocycles. The van der Waals surface area contributed by atoms with Crippen molar-refractivity contribution >= 4 is 32.7 Å². The lowest BCUT2D eigenvalue weighted by Crippen LogP contribution is -1.98. The lowest BCUT2D eigenvalue weighted by molar-refractivity contribution is 1.17. The van der Waals surface area contributed by atoms with E-state index in [1.165, 1.54) is 10.8 Å². The van der Waals surface area contributed by atoms with Gasteiger partial charge in [0, 0.05) is 44.1 Å². The predicted octanol–water partition coefficient (Wildman–Crippen LogP) is 12.5. The lowest BCUT2D eigenvalue weighted by atomic mass is 10.0. The van der Waals surface area contributed by atoms with Crippen LogP contribution in [0, 0.1) is 0 Å². The van der Waals surface area contributed by atoms with Gasteiger partial charge >= 0.3 is 0 Å². The molecule has 248 valence electrons. The van der Waals surface area contributed by atoms with Gasteiger partial charge in [0.2, 0.25) is 0 Å². The maximum atomic E-state index is 5.27. The van der Waals surface area contributed by atoms with Crippen molar-refractivity contribution < 1.29 is 0 Å². The monoisotopic (exact) mass is 676 g/mol. The fraction of sp³-hybridized carbons (Fsp3) is 0. The van der Waals surface area contributed by atoms with Crippen LogP contribution >= 0.6 is 0 Å². The molecule has 0 aliphatic rings.